The van der Waals surface area contributed by atoms with Crippen molar-refractivity contribution in [2.24, 2.45) is 5.92 Å². The molecule has 7 rings (SSSR count). The van der Waals surface area contributed by atoms with E-state index in [1.807, 2.05) is 29.2 Å². The van der Waals surface area contributed by atoms with E-state index < -0.39 is 0 Å². The van der Waals surface area contributed by atoms with Crippen LogP contribution < -0.4 is 14.2 Å². The minimum atomic E-state index is -0.176. The summed E-state index contributed by atoms with van der Waals surface area (Å²) in [6, 6.07) is 30.6. The van der Waals surface area contributed by atoms with Crippen molar-refractivity contribution in [3.63, 3.8) is 0 Å². The van der Waals surface area contributed by atoms with Crippen LogP contribution in [0.2, 0.25) is 0 Å². The summed E-state index contributed by atoms with van der Waals surface area (Å²) < 4.78 is 18.7. The molecule has 4 aromatic carbocycles. The number of Topliss-reactive ketones (excluding diaryl/α,β-unsaturated/α-hetero) is 1. The third kappa shape index (κ3) is 7.02. The number of benzene rings is 4. The lowest BCUT2D eigenvalue weighted by atomic mass is 9.76. The highest BCUT2D eigenvalue weighted by atomic mass is 16.5. The van der Waals surface area contributed by atoms with E-state index in [1.54, 1.807) is 33.5 Å². The van der Waals surface area contributed by atoms with Crippen LogP contribution >= 0.6 is 0 Å². The number of imidazole rings is 1. The number of amides is 1. The van der Waals surface area contributed by atoms with E-state index in [0.717, 1.165) is 61.9 Å². The van der Waals surface area contributed by atoms with Gasteiger partial charge < -0.3 is 28.6 Å². The van der Waals surface area contributed by atoms with Gasteiger partial charge in [-0.3, -0.25) is 9.59 Å². The lowest BCUT2D eigenvalue weighted by molar-refractivity contribution is 0.0777. The zero-order valence-electron chi connectivity index (χ0n) is 30.6. The van der Waals surface area contributed by atoms with E-state index in [9.17, 15) is 9.59 Å². The lowest BCUT2D eigenvalue weighted by Gasteiger charge is -2.36. The Balaban J connectivity index is 1.03. The largest absolute Gasteiger partial charge is 0.493 e. The quantitative estimate of drug-likeness (QED) is 0.127. The van der Waals surface area contributed by atoms with Gasteiger partial charge in [0, 0.05) is 36.5 Å². The van der Waals surface area contributed by atoms with Gasteiger partial charge in [0.1, 0.15) is 0 Å². The second kappa shape index (κ2) is 15.2. The third-order valence-electron chi connectivity index (χ3n) is 11.1. The molecule has 52 heavy (non-hydrogen) atoms. The SMILES string of the molecule is COc1cc(C(=O)N2CCC(CCN3CCC(C(=O)c4nc5ccccc5n4Cc4ccc(C)cc4)CC3)(c3ccccc3)C2)cc(OC)c1OC. The molecule has 1 amide bonds. The van der Waals surface area contributed by atoms with Crippen LogP contribution in [0.5, 0.6) is 17.2 Å². The minimum Gasteiger partial charge on any atom is -0.493 e. The Hall–Kier alpha value is -5.15. The molecule has 0 spiro atoms. The van der Waals surface area contributed by atoms with Gasteiger partial charge in [0.05, 0.1) is 32.4 Å². The summed E-state index contributed by atoms with van der Waals surface area (Å²) in [5.74, 6) is 1.98. The van der Waals surface area contributed by atoms with Crippen LogP contribution in [-0.4, -0.2) is 85.1 Å². The maximum Gasteiger partial charge on any atom is 0.254 e. The number of rotatable bonds is 12. The molecule has 9 heteroatoms. The van der Waals surface area contributed by atoms with Gasteiger partial charge in [-0.2, -0.15) is 0 Å². The zero-order chi connectivity index (χ0) is 36.2. The van der Waals surface area contributed by atoms with Gasteiger partial charge >= 0.3 is 0 Å². The molecular formula is C43H48N4O5. The summed E-state index contributed by atoms with van der Waals surface area (Å²) in [5.41, 5.74) is 5.81. The Labute approximate surface area is 306 Å². The second-order valence-corrected chi connectivity index (χ2v) is 14.3. The average molecular weight is 701 g/mol. The second-order valence-electron chi connectivity index (χ2n) is 14.3. The number of methoxy groups -OCH3 is 3. The summed E-state index contributed by atoms with van der Waals surface area (Å²) >= 11 is 0. The van der Waals surface area contributed by atoms with Crippen molar-refractivity contribution in [2.75, 3.05) is 54.1 Å². The van der Waals surface area contributed by atoms with Gasteiger partial charge in [0.15, 0.2) is 17.3 Å². The standard InChI is InChI=1S/C43H48N4O5/c1-30-14-16-31(17-15-30)28-47-36-13-9-8-12-35(36)44-41(47)39(48)32-18-22-45(23-19-32)24-20-43(34-10-6-5-7-11-34)21-25-46(29-43)42(49)33-26-37(50-2)40(52-4)38(27-33)51-3/h5-17,26-27,32H,18-25,28-29H2,1-4H3. The normalized spacial score (nSPS) is 18.1. The van der Waals surface area contributed by atoms with Crippen molar-refractivity contribution in [2.45, 2.75) is 44.6 Å². The van der Waals surface area contributed by atoms with E-state index >= 15 is 0 Å². The smallest absolute Gasteiger partial charge is 0.254 e. The number of carbonyl (C=O) groups is 2. The Morgan fingerprint density at radius 2 is 1.50 bits per heavy atom. The fourth-order valence-electron chi connectivity index (χ4n) is 8.08. The first-order chi connectivity index (χ1) is 25.3. The number of fused-ring (bicyclic) bond motifs is 1. The predicted octanol–water partition coefficient (Wildman–Crippen LogP) is 7.19. The molecule has 2 fully saturated rings. The molecule has 0 radical (unpaired) electrons. The summed E-state index contributed by atoms with van der Waals surface area (Å²) in [7, 11) is 4.68. The maximum absolute atomic E-state index is 14.1. The van der Waals surface area contributed by atoms with Gasteiger partial charge in [-0.05, 0) is 87.6 Å². The van der Waals surface area contributed by atoms with Crippen LogP contribution in [0.15, 0.2) is 91.0 Å². The first-order valence-electron chi connectivity index (χ1n) is 18.2. The van der Waals surface area contributed by atoms with E-state index in [1.165, 1.54) is 11.1 Å². The van der Waals surface area contributed by atoms with Crippen LogP contribution in [0.4, 0.5) is 0 Å². The zero-order valence-corrected chi connectivity index (χ0v) is 30.6. The van der Waals surface area contributed by atoms with Crippen molar-refractivity contribution in [3.05, 3.63) is 119 Å². The number of ether oxygens (including phenoxy) is 3. The average Bonchev–Trinajstić information content (AvgIpc) is 3.80. The summed E-state index contributed by atoms with van der Waals surface area (Å²) in [4.78, 5) is 37.4. The highest BCUT2D eigenvalue weighted by Gasteiger charge is 2.42. The van der Waals surface area contributed by atoms with Gasteiger partial charge in [-0.15, -0.1) is 0 Å². The highest BCUT2D eigenvalue weighted by molar-refractivity contribution is 5.98. The molecule has 2 saturated heterocycles. The number of nitrogens with zero attached hydrogens (tertiary/aromatic N) is 4. The van der Waals surface area contributed by atoms with E-state index in [2.05, 4.69) is 71.0 Å². The molecule has 270 valence electrons. The number of aromatic nitrogens is 2. The molecule has 0 saturated carbocycles. The van der Waals surface area contributed by atoms with Gasteiger partial charge in [0.2, 0.25) is 11.5 Å². The fraction of sp³-hybridized carbons (Fsp3) is 0.372. The van der Waals surface area contributed by atoms with Crippen LogP contribution in [-0.2, 0) is 12.0 Å². The Morgan fingerprint density at radius 1 is 0.827 bits per heavy atom. The number of likely N-dealkylation sites (tertiary alicyclic amines) is 2. The molecule has 2 aliphatic heterocycles. The number of piperidine rings is 1. The number of carbonyl (C=O) groups excluding carboxylic acids is 2. The van der Waals surface area contributed by atoms with Crippen LogP contribution in [0, 0.1) is 12.8 Å². The van der Waals surface area contributed by atoms with Crippen LogP contribution in [0.3, 0.4) is 0 Å². The van der Waals surface area contributed by atoms with Gasteiger partial charge in [-0.25, -0.2) is 4.98 Å². The van der Waals surface area contributed by atoms with E-state index in [-0.39, 0.29) is 23.0 Å². The Morgan fingerprint density at radius 3 is 2.17 bits per heavy atom. The molecule has 0 bridgehead atoms. The third-order valence-corrected chi connectivity index (χ3v) is 11.1. The van der Waals surface area contributed by atoms with Crippen LogP contribution in [0.25, 0.3) is 11.0 Å². The maximum atomic E-state index is 14.1. The first kappa shape index (κ1) is 35.3. The molecular weight excluding hydrogens is 652 g/mol. The molecule has 3 heterocycles. The summed E-state index contributed by atoms with van der Waals surface area (Å²) in [6.07, 6.45) is 3.40. The topological polar surface area (TPSA) is 86.1 Å². The molecule has 1 unspecified atom stereocenters. The number of hydrogen-bond acceptors (Lipinski definition) is 7. The molecule has 0 aliphatic carbocycles. The molecule has 2 aliphatic rings. The van der Waals surface area contributed by atoms with Crippen molar-refractivity contribution < 1.29 is 23.8 Å². The van der Waals surface area contributed by atoms with Crippen molar-refractivity contribution in [3.8, 4) is 17.2 Å². The summed E-state index contributed by atoms with van der Waals surface area (Å²) in [5, 5.41) is 0. The van der Waals surface area contributed by atoms with Crippen molar-refractivity contribution >= 4 is 22.7 Å². The molecule has 0 N–H and O–H groups in total. The molecule has 1 atom stereocenters. The number of hydrogen-bond donors (Lipinski definition) is 0. The number of para-hydroxylation sites is 2. The van der Waals surface area contributed by atoms with Gasteiger partial charge in [-0.1, -0.05) is 72.3 Å². The Bertz CT molecular complexity index is 2010. The van der Waals surface area contributed by atoms with Crippen molar-refractivity contribution in [1.82, 2.24) is 19.4 Å². The molecule has 9 nitrogen and oxygen atoms in total. The first-order valence-corrected chi connectivity index (χ1v) is 18.2. The number of ketones is 1. The van der Waals surface area contributed by atoms with Crippen LogP contribution in [0.1, 0.15) is 63.4 Å². The summed E-state index contributed by atoms with van der Waals surface area (Å²) in [6.45, 7) is 6.59. The Kier molecular flexibility index (Phi) is 10.3. The molecule has 5 aromatic rings. The monoisotopic (exact) mass is 700 g/mol. The highest BCUT2D eigenvalue weighted by Crippen LogP contribution is 2.42. The van der Waals surface area contributed by atoms with E-state index in [0.29, 0.717) is 48.3 Å². The lowest BCUT2D eigenvalue weighted by Crippen LogP contribution is -2.41. The fourth-order valence-corrected chi connectivity index (χ4v) is 8.08. The number of aryl methyl sites for hydroxylation is 1. The van der Waals surface area contributed by atoms with Gasteiger partial charge in [0.25, 0.3) is 5.91 Å². The predicted molar refractivity (Wildman–Crippen MR) is 203 cm³/mol. The minimum absolute atomic E-state index is 0.0511. The molecule has 1 aromatic heterocycles. The van der Waals surface area contributed by atoms with E-state index in [4.69, 9.17) is 19.2 Å². The van der Waals surface area contributed by atoms with Crippen molar-refractivity contribution in [1.29, 1.82) is 0 Å².